The summed E-state index contributed by atoms with van der Waals surface area (Å²) in [5.74, 6) is 3.38. The van der Waals surface area contributed by atoms with Gasteiger partial charge in [0.25, 0.3) is 0 Å². The molecule has 0 heterocycles. The number of rotatable bonds is 11. The van der Waals surface area contributed by atoms with Crippen LogP contribution >= 0.6 is 0 Å². The van der Waals surface area contributed by atoms with Crippen LogP contribution < -0.4 is 21.7 Å². The first-order valence-corrected chi connectivity index (χ1v) is 14.3. The lowest BCUT2D eigenvalue weighted by Crippen LogP contribution is -2.45. The number of nitrogens with one attached hydrogen (secondary N) is 3. The Hall–Kier alpha value is -2.75. The lowest BCUT2D eigenvalue weighted by Gasteiger charge is -2.19. The summed E-state index contributed by atoms with van der Waals surface area (Å²) in [4.78, 5) is 36.7. The number of ether oxygens (including phenoxy) is 3. The zero-order valence-electron chi connectivity index (χ0n) is 22.3. The zero-order chi connectivity index (χ0) is 26.7. The Labute approximate surface area is 225 Å². The minimum absolute atomic E-state index is 0.00360. The number of hydrogen-bond donors (Lipinski definition) is 4. The molecule has 0 aromatic carbocycles. The molecule has 0 radical (unpaired) electrons. The highest BCUT2D eigenvalue weighted by molar-refractivity contribution is 5.69. The third-order valence-corrected chi connectivity index (χ3v) is 8.47. The predicted octanol–water partition coefficient (Wildman–Crippen LogP) is 3.48. The van der Waals surface area contributed by atoms with Crippen LogP contribution in [-0.4, -0.2) is 63.8 Å². The Morgan fingerprint density at radius 2 is 1.11 bits per heavy atom. The van der Waals surface area contributed by atoms with Crippen LogP contribution in [0.5, 0.6) is 0 Å². The Bertz CT molecular complexity index is 774. The van der Waals surface area contributed by atoms with E-state index in [1.165, 1.54) is 0 Å². The average molecular weight is 533 g/mol. The highest BCUT2D eigenvalue weighted by Crippen LogP contribution is 2.53. The Balaban J connectivity index is 1.15. The summed E-state index contributed by atoms with van der Waals surface area (Å²) in [6, 6.07) is 0. The molecule has 0 spiro atoms. The van der Waals surface area contributed by atoms with Crippen LogP contribution in [0.3, 0.4) is 0 Å². The fourth-order valence-corrected chi connectivity index (χ4v) is 6.24. The number of alkyl carbamates (subject to hydrolysis) is 3. The third kappa shape index (κ3) is 8.64. The van der Waals surface area contributed by atoms with Crippen molar-refractivity contribution in [2.45, 2.75) is 57.5 Å². The number of fused-ring (bicyclic) bond motifs is 2. The van der Waals surface area contributed by atoms with E-state index in [9.17, 15) is 14.4 Å². The van der Waals surface area contributed by atoms with Gasteiger partial charge in [0.15, 0.2) is 0 Å². The van der Waals surface area contributed by atoms with Gasteiger partial charge in [0, 0.05) is 13.1 Å². The van der Waals surface area contributed by atoms with E-state index in [4.69, 9.17) is 19.9 Å². The SMILES string of the molecule is NCCNC(=O)OC(CNC(=O)OCC1[C@H]2CC/C=C/CC[C@@H]12)CNC(=O)OCC1[C@H]2CC/C=C/CC[C@@H]12. The van der Waals surface area contributed by atoms with Crippen LogP contribution in [0.4, 0.5) is 14.4 Å². The zero-order valence-corrected chi connectivity index (χ0v) is 22.3. The monoisotopic (exact) mass is 532 g/mol. The second-order valence-electron chi connectivity index (χ2n) is 10.9. The molecule has 4 rings (SSSR count). The van der Waals surface area contributed by atoms with E-state index in [-0.39, 0.29) is 26.2 Å². The standard InChI is InChI=1S/C28H44N4O6/c29-13-14-30-28(35)38-19(15-31-26(33)36-17-24-20-9-5-1-2-6-10-21(20)24)16-32-27(34)37-18-25-22-11-7-3-4-8-12-23(22)25/h1-4,19-25H,5-18,29H2,(H,30,35)(H,31,33)(H,32,34)/b2-1+,4-3+/t19?,20-,21+,22-,23+,24?,25?. The van der Waals surface area contributed by atoms with Gasteiger partial charge in [0.2, 0.25) is 0 Å². The van der Waals surface area contributed by atoms with Gasteiger partial charge < -0.3 is 35.9 Å². The molecule has 212 valence electrons. The van der Waals surface area contributed by atoms with E-state index in [0.29, 0.717) is 48.7 Å². The van der Waals surface area contributed by atoms with Gasteiger partial charge in [-0.3, -0.25) is 0 Å². The number of amides is 3. The Kier molecular flexibility index (Phi) is 10.7. The molecule has 5 N–H and O–H groups in total. The number of carbonyl (C=O) groups excluding carboxylic acids is 3. The molecule has 10 nitrogen and oxygen atoms in total. The van der Waals surface area contributed by atoms with Crippen LogP contribution in [0, 0.1) is 35.5 Å². The van der Waals surface area contributed by atoms with Crippen LogP contribution in [0.1, 0.15) is 51.4 Å². The molecule has 2 saturated carbocycles. The van der Waals surface area contributed by atoms with Crippen molar-refractivity contribution in [1.82, 2.24) is 16.0 Å². The van der Waals surface area contributed by atoms with Crippen molar-refractivity contribution in [1.29, 1.82) is 0 Å². The minimum atomic E-state index is -0.795. The Morgan fingerprint density at radius 3 is 1.50 bits per heavy atom. The van der Waals surface area contributed by atoms with Crippen molar-refractivity contribution in [3.05, 3.63) is 24.3 Å². The summed E-state index contributed by atoms with van der Waals surface area (Å²) in [5.41, 5.74) is 5.43. The molecule has 0 aromatic rings. The molecule has 4 aliphatic rings. The molecule has 0 aliphatic heterocycles. The molecule has 0 bridgehead atoms. The lowest BCUT2D eigenvalue weighted by molar-refractivity contribution is 0.0860. The predicted molar refractivity (Wildman–Crippen MR) is 142 cm³/mol. The normalized spacial score (nSPS) is 31.7. The van der Waals surface area contributed by atoms with E-state index in [2.05, 4.69) is 40.3 Å². The van der Waals surface area contributed by atoms with Crippen LogP contribution in [-0.2, 0) is 14.2 Å². The summed E-state index contributed by atoms with van der Waals surface area (Å²) >= 11 is 0. The number of hydrogen-bond acceptors (Lipinski definition) is 7. The molecule has 2 unspecified atom stereocenters. The topological polar surface area (TPSA) is 141 Å². The van der Waals surface area contributed by atoms with Crippen LogP contribution in [0.25, 0.3) is 0 Å². The van der Waals surface area contributed by atoms with E-state index in [1.807, 2.05) is 0 Å². The number of carbonyl (C=O) groups is 3. The van der Waals surface area contributed by atoms with E-state index in [1.54, 1.807) is 0 Å². The number of nitrogens with two attached hydrogens (primary N) is 1. The third-order valence-electron chi connectivity index (χ3n) is 8.47. The van der Waals surface area contributed by atoms with Gasteiger partial charge in [-0.2, -0.15) is 0 Å². The molecule has 4 aliphatic carbocycles. The van der Waals surface area contributed by atoms with Gasteiger partial charge in [0.05, 0.1) is 26.3 Å². The molecular weight excluding hydrogens is 488 g/mol. The van der Waals surface area contributed by atoms with Gasteiger partial charge in [-0.05, 0) is 86.9 Å². The Morgan fingerprint density at radius 1 is 0.684 bits per heavy atom. The largest absolute Gasteiger partial charge is 0.449 e. The van der Waals surface area contributed by atoms with Gasteiger partial charge in [-0.15, -0.1) is 0 Å². The van der Waals surface area contributed by atoms with Gasteiger partial charge in [0.1, 0.15) is 6.10 Å². The fraction of sp³-hybridized carbons (Fsp3) is 0.750. The fourth-order valence-electron chi connectivity index (χ4n) is 6.24. The van der Waals surface area contributed by atoms with E-state index >= 15 is 0 Å². The maximum absolute atomic E-state index is 12.3. The molecule has 6 atom stereocenters. The molecule has 38 heavy (non-hydrogen) atoms. The van der Waals surface area contributed by atoms with Crippen molar-refractivity contribution in [2.24, 2.45) is 41.2 Å². The van der Waals surface area contributed by atoms with Gasteiger partial charge in [-0.25, -0.2) is 14.4 Å². The first-order valence-electron chi connectivity index (χ1n) is 14.3. The second-order valence-corrected chi connectivity index (χ2v) is 10.9. The van der Waals surface area contributed by atoms with Crippen LogP contribution in [0.15, 0.2) is 24.3 Å². The van der Waals surface area contributed by atoms with E-state index in [0.717, 1.165) is 51.4 Å². The maximum Gasteiger partial charge on any atom is 0.407 e. The van der Waals surface area contributed by atoms with Crippen molar-refractivity contribution in [2.75, 3.05) is 39.4 Å². The molecule has 0 saturated heterocycles. The second kappa shape index (κ2) is 14.4. The molecular formula is C28H44N4O6. The van der Waals surface area contributed by atoms with Crippen molar-refractivity contribution >= 4 is 18.3 Å². The van der Waals surface area contributed by atoms with Crippen molar-refractivity contribution in [3.8, 4) is 0 Å². The summed E-state index contributed by atoms with van der Waals surface area (Å²) < 4.78 is 16.3. The molecule has 0 aromatic heterocycles. The first kappa shape index (κ1) is 28.3. The van der Waals surface area contributed by atoms with E-state index < -0.39 is 24.4 Å². The van der Waals surface area contributed by atoms with Gasteiger partial charge in [-0.1, -0.05) is 24.3 Å². The van der Waals surface area contributed by atoms with Crippen LogP contribution in [0.2, 0.25) is 0 Å². The summed E-state index contributed by atoms with van der Waals surface area (Å²) in [6.07, 6.45) is 15.3. The first-order chi connectivity index (χ1) is 18.6. The smallest absolute Gasteiger partial charge is 0.407 e. The highest BCUT2D eigenvalue weighted by atomic mass is 16.6. The molecule has 2 fully saturated rings. The van der Waals surface area contributed by atoms with Gasteiger partial charge >= 0.3 is 18.3 Å². The summed E-state index contributed by atoms with van der Waals surface area (Å²) in [6.45, 7) is 1.32. The maximum atomic E-state index is 12.3. The van der Waals surface area contributed by atoms with Crippen molar-refractivity contribution < 1.29 is 28.6 Å². The molecule has 10 heteroatoms. The average Bonchev–Trinajstić information content (AvgIpc) is 3.74. The highest BCUT2D eigenvalue weighted by Gasteiger charge is 2.50. The minimum Gasteiger partial charge on any atom is -0.449 e. The summed E-state index contributed by atoms with van der Waals surface area (Å²) in [5, 5.41) is 7.85. The van der Waals surface area contributed by atoms with Crippen molar-refractivity contribution in [3.63, 3.8) is 0 Å². The quantitative estimate of drug-likeness (QED) is 0.236. The number of allylic oxidation sites excluding steroid dienone is 4. The molecule has 3 amide bonds. The summed E-state index contributed by atoms with van der Waals surface area (Å²) in [7, 11) is 0. The lowest BCUT2D eigenvalue weighted by atomic mass is 10.1.